The summed E-state index contributed by atoms with van der Waals surface area (Å²) in [5, 5.41) is 20.2. The normalized spacial score (nSPS) is 17.9. The Morgan fingerprint density at radius 1 is 1.25 bits per heavy atom. The second-order valence-corrected chi connectivity index (χ2v) is 3.85. The molecule has 0 heterocycles. The highest BCUT2D eigenvalue weighted by molar-refractivity contribution is 5.79. The van der Waals surface area contributed by atoms with Crippen molar-refractivity contribution in [2.45, 2.75) is 12.7 Å². The Hall–Kier alpha value is -1.64. The van der Waals surface area contributed by atoms with Gasteiger partial charge < -0.3 is 10.2 Å². The predicted molar refractivity (Wildman–Crippen MR) is 64.5 cm³/mol. The van der Waals surface area contributed by atoms with E-state index in [1.807, 2.05) is 19.1 Å². The van der Waals surface area contributed by atoms with E-state index in [1.54, 1.807) is 30.4 Å². The summed E-state index contributed by atoms with van der Waals surface area (Å²) in [5.41, 5.74) is 2.82. The van der Waals surface area contributed by atoms with Crippen molar-refractivity contribution in [1.82, 2.24) is 0 Å². The van der Waals surface area contributed by atoms with Gasteiger partial charge in [-0.3, -0.25) is 0 Å². The minimum atomic E-state index is -1.89. The number of aliphatic hydroxyl groups is 2. The molecule has 0 fully saturated rings. The van der Waals surface area contributed by atoms with Crippen molar-refractivity contribution in [1.29, 1.82) is 0 Å². The third-order valence-electron chi connectivity index (χ3n) is 2.89. The van der Waals surface area contributed by atoms with Gasteiger partial charge in [0.15, 0.2) is 0 Å². The van der Waals surface area contributed by atoms with Gasteiger partial charge in [-0.25, -0.2) is 0 Å². The molecule has 2 N–H and O–H groups in total. The lowest BCUT2D eigenvalue weighted by Gasteiger charge is -2.19. The molecule has 16 heavy (non-hydrogen) atoms. The number of benzene rings is 1. The highest BCUT2D eigenvalue weighted by atomic mass is 16.5. The topological polar surface area (TPSA) is 40.5 Å². The zero-order valence-corrected chi connectivity index (χ0v) is 9.14. The van der Waals surface area contributed by atoms with Gasteiger partial charge in [0.2, 0.25) is 5.79 Å². The SMILES string of the molecule is C=C/C=C\C1=C(C)c2ccccc2C1(O)O. The molecule has 82 valence electrons. The summed E-state index contributed by atoms with van der Waals surface area (Å²) in [7, 11) is 0. The summed E-state index contributed by atoms with van der Waals surface area (Å²) >= 11 is 0. The van der Waals surface area contributed by atoms with E-state index in [-0.39, 0.29) is 0 Å². The van der Waals surface area contributed by atoms with Crippen LogP contribution < -0.4 is 0 Å². The molecular formula is C14H14O2. The van der Waals surface area contributed by atoms with Crippen molar-refractivity contribution < 1.29 is 10.2 Å². The van der Waals surface area contributed by atoms with E-state index in [2.05, 4.69) is 6.58 Å². The maximum Gasteiger partial charge on any atom is 0.218 e. The summed E-state index contributed by atoms with van der Waals surface area (Å²) in [5.74, 6) is -1.89. The van der Waals surface area contributed by atoms with Crippen molar-refractivity contribution in [2.24, 2.45) is 0 Å². The molecule has 0 bridgehead atoms. The van der Waals surface area contributed by atoms with Crippen molar-refractivity contribution in [3.05, 3.63) is 65.8 Å². The van der Waals surface area contributed by atoms with Crippen LogP contribution in [0.15, 0.2) is 54.6 Å². The number of hydrogen-bond donors (Lipinski definition) is 2. The van der Waals surface area contributed by atoms with Crippen LogP contribution in [0.25, 0.3) is 5.57 Å². The minimum Gasteiger partial charge on any atom is -0.358 e. The van der Waals surface area contributed by atoms with Gasteiger partial charge in [0, 0.05) is 11.1 Å². The fraction of sp³-hybridized carbons (Fsp3) is 0.143. The van der Waals surface area contributed by atoms with Crippen LogP contribution in [0.4, 0.5) is 0 Å². The maximum atomic E-state index is 10.1. The van der Waals surface area contributed by atoms with E-state index in [1.165, 1.54) is 0 Å². The van der Waals surface area contributed by atoms with E-state index in [0.717, 1.165) is 11.1 Å². The molecule has 0 spiro atoms. The van der Waals surface area contributed by atoms with Gasteiger partial charge in [0.25, 0.3) is 0 Å². The van der Waals surface area contributed by atoms with Crippen molar-refractivity contribution in [3.63, 3.8) is 0 Å². The van der Waals surface area contributed by atoms with Gasteiger partial charge in [-0.1, -0.05) is 49.1 Å². The van der Waals surface area contributed by atoms with Crippen LogP contribution in [0.3, 0.4) is 0 Å². The number of hydrogen-bond acceptors (Lipinski definition) is 2. The standard InChI is InChI=1S/C14H14O2/c1-3-4-8-12-10(2)11-7-5-6-9-13(11)14(12,15)16/h3-9,15-16H,1H2,2H3/b8-4-. The molecule has 1 aliphatic carbocycles. The summed E-state index contributed by atoms with van der Waals surface area (Å²) in [6, 6.07) is 7.31. The predicted octanol–water partition coefficient (Wildman–Crippen LogP) is 2.35. The largest absolute Gasteiger partial charge is 0.358 e. The third kappa shape index (κ3) is 1.43. The lowest BCUT2D eigenvalue weighted by molar-refractivity contribution is -0.129. The molecule has 0 aromatic heterocycles. The first kappa shape index (κ1) is 10.9. The van der Waals surface area contributed by atoms with Crippen molar-refractivity contribution >= 4 is 5.57 Å². The van der Waals surface area contributed by atoms with Crippen LogP contribution in [-0.2, 0) is 5.79 Å². The molecule has 0 radical (unpaired) electrons. The average Bonchev–Trinajstić information content (AvgIpc) is 2.46. The molecule has 0 saturated carbocycles. The molecule has 1 aromatic rings. The van der Waals surface area contributed by atoms with Crippen LogP contribution in [0, 0.1) is 0 Å². The number of fused-ring (bicyclic) bond motifs is 1. The zero-order chi connectivity index (χ0) is 11.8. The second kappa shape index (κ2) is 3.74. The van der Waals surface area contributed by atoms with Gasteiger partial charge in [-0.2, -0.15) is 0 Å². The number of rotatable bonds is 2. The first-order valence-corrected chi connectivity index (χ1v) is 5.14. The molecule has 2 heteroatoms. The fourth-order valence-electron chi connectivity index (χ4n) is 2.07. The summed E-state index contributed by atoms with van der Waals surface area (Å²) < 4.78 is 0. The average molecular weight is 214 g/mol. The smallest absolute Gasteiger partial charge is 0.218 e. The Morgan fingerprint density at radius 3 is 2.56 bits per heavy atom. The Kier molecular flexibility index (Phi) is 2.54. The molecule has 2 rings (SSSR count). The molecule has 2 nitrogen and oxygen atoms in total. The Morgan fingerprint density at radius 2 is 1.94 bits per heavy atom. The van der Waals surface area contributed by atoms with Crippen molar-refractivity contribution in [3.8, 4) is 0 Å². The Bertz CT molecular complexity index is 493. The lowest BCUT2D eigenvalue weighted by Crippen LogP contribution is -2.24. The molecule has 0 unspecified atom stereocenters. The quantitative estimate of drug-likeness (QED) is 0.586. The summed E-state index contributed by atoms with van der Waals surface area (Å²) in [4.78, 5) is 0. The van der Waals surface area contributed by atoms with Crippen LogP contribution in [0.1, 0.15) is 18.1 Å². The van der Waals surface area contributed by atoms with E-state index in [9.17, 15) is 10.2 Å². The molecule has 0 amide bonds. The molecule has 0 saturated heterocycles. The highest BCUT2D eigenvalue weighted by Gasteiger charge is 2.38. The van der Waals surface area contributed by atoms with E-state index >= 15 is 0 Å². The highest BCUT2D eigenvalue weighted by Crippen LogP contribution is 2.43. The van der Waals surface area contributed by atoms with Gasteiger partial charge in [-0.05, 0) is 18.1 Å². The zero-order valence-electron chi connectivity index (χ0n) is 9.14. The monoisotopic (exact) mass is 214 g/mol. The molecule has 1 aromatic carbocycles. The molecule has 1 aliphatic rings. The van der Waals surface area contributed by atoms with Crippen LogP contribution >= 0.6 is 0 Å². The van der Waals surface area contributed by atoms with Crippen LogP contribution in [-0.4, -0.2) is 10.2 Å². The van der Waals surface area contributed by atoms with E-state index < -0.39 is 5.79 Å². The minimum absolute atomic E-state index is 0.508. The lowest BCUT2D eigenvalue weighted by atomic mass is 10.0. The van der Waals surface area contributed by atoms with Crippen molar-refractivity contribution in [2.75, 3.05) is 0 Å². The van der Waals surface area contributed by atoms with Gasteiger partial charge >= 0.3 is 0 Å². The van der Waals surface area contributed by atoms with Gasteiger partial charge in [0.1, 0.15) is 0 Å². The third-order valence-corrected chi connectivity index (χ3v) is 2.89. The van der Waals surface area contributed by atoms with Gasteiger partial charge in [-0.15, -0.1) is 0 Å². The summed E-state index contributed by atoms with van der Waals surface area (Å²) in [6.07, 6.45) is 4.99. The number of allylic oxidation sites excluding steroid dienone is 3. The van der Waals surface area contributed by atoms with Crippen LogP contribution in [0.5, 0.6) is 0 Å². The van der Waals surface area contributed by atoms with Gasteiger partial charge in [0.05, 0.1) is 0 Å². The first-order valence-electron chi connectivity index (χ1n) is 5.14. The van der Waals surface area contributed by atoms with E-state index in [0.29, 0.717) is 11.1 Å². The van der Waals surface area contributed by atoms with Crippen LogP contribution in [0.2, 0.25) is 0 Å². The Balaban J connectivity index is 2.61. The second-order valence-electron chi connectivity index (χ2n) is 3.85. The summed E-state index contributed by atoms with van der Waals surface area (Å²) in [6.45, 7) is 5.46. The Labute approximate surface area is 94.9 Å². The maximum absolute atomic E-state index is 10.1. The van der Waals surface area contributed by atoms with E-state index in [4.69, 9.17) is 0 Å². The molecule has 0 atom stereocenters. The molecule has 0 aliphatic heterocycles. The fourth-order valence-corrected chi connectivity index (χ4v) is 2.07. The first-order chi connectivity index (χ1) is 7.59. The molecular weight excluding hydrogens is 200 g/mol.